The second kappa shape index (κ2) is 5.16. The van der Waals surface area contributed by atoms with E-state index in [0.29, 0.717) is 12.4 Å². The number of aromatic nitrogens is 2. The Morgan fingerprint density at radius 2 is 2.00 bits per heavy atom. The third-order valence-electron chi connectivity index (χ3n) is 2.31. The fourth-order valence-electron chi connectivity index (χ4n) is 1.38. The number of nitrogens with one attached hydrogen (secondary N) is 2. The Bertz CT molecular complexity index is 514. The van der Waals surface area contributed by atoms with Crippen molar-refractivity contribution in [2.75, 3.05) is 12.4 Å². The van der Waals surface area contributed by atoms with E-state index in [2.05, 4.69) is 15.5 Å². The first-order chi connectivity index (χ1) is 8.28. The summed E-state index contributed by atoms with van der Waals surface area (Å²) in [6.45, 7) is 0.642. The van der Waals surface area contributed by atoms with Gasteiger partial charge in [0.25, 0.3) is 5.56 Å². The standard InChI is InChI=1S/C12H13N3O2/c1-17-10-4-2-9(3-5-10)8-13-11-6-7-12(16)15-14-11/h2-7H,8H2,1H3,(H,13,14)(H,15,16). The van der Waals surface area contributed by atoms with Gasteiger partial charge in [-0.15, -0.1) is 0 Å². The lowest BCUT2D eigenvalue weighted by Gasteiger charge is -2.05. The van der Waals surface area contributed by atoms with E-state index >= 15 is 0 Å². The maximum Gasteiger partial charge on any atom is 0.264 e. The molecule has 1 aromatic carbocycles. The fourth-order valence-corrected chi connectivity index (χ4v) is 1.38. The molecule has 0 spiro atoms. The first-order valence-electron chi connectivity index (χ1n) is 5.20. The van der Waals surface area contributed by atoms with Gasteiger partial charge in [-0.05, 0) is 23.8 Å². The number of anilines is 1. The van der Waals surface area contributed by atoms with Crippen LogP contribution in [0.15, 0.2) is 41.2 Å². The summed E-state index contributed by atoms with van der Waals surface area (Å²) in [5.41, 5.74) is 0.902. The van der Waals surface area contributed by atoms with Crippen LogP contribution in [0.3, 0.4) is 0 Å². The molecule has 5 heteroatoms. The van der Waals surface area contributed by atoms with Gasteiger partial charge >= 0.3 is 0 Å². The van der Waals surface area contributed by atoms with Crippen LogP contribution >= 0.6 is 0 Å². The SMILES string of the molecule is COc1ccc(CNc2ccc(=O)[nH]n2)cc1. The lowest BCUT2D eigenvalue weighted by atomic mass is 10.2. The van der Waals surface area contributed by atoms with E-state index in [4.69, 9.17) is 4.74 Å². The summed E-state index contributed by atoms with van der Waals surface area (Å²) < 4.78 is 5.07. The Hall–Kier alpha value is -2.30. The molecule has 2 aromatic rings. The molecule has 0 radical (unpaired) electrons. The second-order valence-electron chi connectivity index (χ2n) is 3.51. The molecule has 0 aliphatic heterocycles. The predicted molar refractivity (Wildman–Crippen MR) is 65.2 cm³/mol. The number of H-pyrrole nitrogens is 1. The van der Waals surface area contributed by atoms with E-state index in [-0.39, 0.29) is 5.56 Å². The Balaban J connectivity index is 1.97. The second-order valence-corrected chi connectivity index (χ2v) is 3.51. The van der Waals surface area contributed by atoms with Crippen molar-refractivity contribution in [3.05, 3.63) is 52.3 Å². The van der Waals surface area contributed by atoms with Gasteiger partial charge in [0, 0.05) is 12.6 Å². The molecule has 0 atom stereocenters. The van der Waals surface area contributed by atoms with Gasteiger partial charge in [-0.25, -0.2) is 5.10 Å². The molecule has 0 saturated carbocycles. The van der Waals surface area contributed by atoms with E-state index in [1.165, 1.54) is 6.07 Å². The summed E-state index contributed by atoms with van der Waals surface area (Å²) in [6.07, 6.45) is 0. The zero-order chi connectivity index (χ0) is 12.1. The van der Waals surface area contributed by atoms with Gasteiger partial charge in [0.05, 0.1) is 7.11 Å². The molecular formula is C12H13N3O2. The van der Waals surface area contributed by atoms with Crippen LogP contribution in [0.5, 0.6) is 5.75 Å². The number of nitrogens with zero attached hydrogens (tertiary/aromatic N) is 1. The summed E-state index contributed by atoms with van der Waals surface area (Å²) in [5, 5.41) is 9.32. The van der Waals surface area contributed by atoms with Gasteiger partial charge < -0.3 is 10.1 Å². The van der Waals surface area contributed by atoms with Crippen LogP contribution < -0.4 is 15.6 Å². The van der Waals surface area contributed by atoms with E-state index in [1.807, 2.05) is 24.3 Å². The van der Waals surface area contributed by atoms with E-state index in [1.54, 1.807) is 13.2 Å². The van der Waals surface area contributed by atoms with Gasteiger partial charge in [0.1, 0.15) is 11.6 Å². The topological polar surface area (TPSA) is 67.0 Å². The van der Waals surface area contributed by atoms with Crippen molar-refractivity contribution in [1.82, 2.24) is 10.2 Å². The van der Waals surface area contributed by atoms with Gasteiger partial charge in [-0.3, -0.25) is 4.79 Å². The molecule has 17 heavy (non-hydrogen) atoms. The highest BCUT2D eigenvalue weighted by molar-refractivity contribution is 5.34. The van der Waals surface area contributed by atoms with E-state index < -0.39 is 0 Å². The van der Waals surface area contributed by atoms with Gasteiger partial charge in [-0.1, -0.05) is 12.1 Å². The quantitative estimate of drug-likeness (QED) is 0.834. The molecule has 0 fully saturated rings. The molecule has 0 saturated heterocycles. The summed E-state index contributed by atoms with van der Waals surface area (Å²) in [7, 11) is 1.64. The first-order valence-corrected chi connectivity index (χ1v) is 5.20. The molecule has 0 bridgehead atoms. The van der Waals surface area contributed by atoms with Crippen LogP contribution in [0.25, 0.3) is 0 Å². The van der Waals surface area contributed by atoms with Crippen molar-refractivity contribution in [3.63, 3.8) is 0 Å². The summed E-state index contributed by atoms with van der Waals surface area (Å²) >= 11 is 0. The zero-order valence-corrected chi connectivity index (χ0v) is 9.43. The normalized spacial score (nSPS) is 9.94. The lowest BCUT2D eigenvalue weighted by Crippen LogP contribution is -2.09. The smallest absolute Gasteiger partial charge is 0.264 e. The Labute approximate surface area is 98.5 Å². The molecule has 0 unspecified atom stereocenters. The average Bonchev–Trinajstić information content (AvgIpc) is 2.39. The van der Waals surface area contributed by atoms with Crippen molar-refractivity contribution in [3.8, 4) is 5.75 Å². The van der Waals surface area contributed by atoms with E-state index in [0.717, 1.165) is 11.3 Å². The third-order valence-corrected chi connectivity index (χ3v) is 2.31. The minimum Gasteiger partial charge on any atom is -0.497 e. The molecular weight excluding hydrogens is 218 g/mol. The van der Waals surface area contributed by atoms with Crippen LogP contribution in [0.1, 0.15) is 5.56 Å². The third kappa shape index (κ3) is 3.07. The number of hydrogen-bond acceptors (Lipinski definition) is 4. The maximum atomic E-state index is 10.8. The highest BCUT2D eigenvalue weighted by Gasteiger charge is 1.96. The minimum atomic E-state index is -0.208. The number of ether oxygens (including phenoxy) is 1. The van der Waals surface area contributed by atoms with Crippen molar-refractivity contribution in [2.24, 2.45) is 0 Å². The van der Waals surface area contributed by atoms with Crippen LogP contribution in [0.4, 0.5) is 5.82 Å². The highest BCUT2D eigenvalue weighted by Crippen LogP contribution is 2.12. The van der Waals surface area contributed by atoms with Crippen molar-refractivity contribution < 1.29 is 4.74 Å². The van der Waals surface area contributed by atoms with Gasteiger partial charge in [0.2, 0.25) is 0 Å². The van der Waals surface area contributed by atoms with E-state index in [9.17, 15) is 4.79 Å². The van der Waals surface area contributed by atoms with Crippen molar-refractivity contribution in [1.29, 1.82) is 0 Å². The Kier molecular flexibility index (Phi) is 3.40. The number of hydrogen-bond donors (Lipinski definition) is 2. The number of methoxy groups -OCH3 is 1. The van der Waals surface area contributed by atoms with Gasteiger partial charge in [0.15, 0.2) is 0 Å². The number of benzene rings is 1. The Morgan fingerprint density at radius 1 is 1.24 bits per heavy atom. The molecule has 0 aliphatic rings. The summed E-state index contributed by atoms with van der Waals surface area (Å²) in [5.74, 6) is 1.47. The highest BCUT2D eigenvalue weighted by atomic mass is 16.5. The molecule has 1 aromatic heterocycles. The lowest BCUT2D eigenvalue weighted by molar-refractivity contribution is 0.414. The van der Waals surface area contributed by atoms with Crippen LogP contribution in [0.2, 0.25) is 0 Å². The molecule has 0 aliphatic carbocycles. The van der Waals surface area contributed by atoms with Crippen molar-refractivity contribution >= 4 is 5.82 Å². The fraction of sp³-hybridized carbons (Fsp3) is 0.167. The average molecular weight is 231 g/mol. The van der Waals surface area contributed by atoms with Crippen LogP contribution in [-0.4, -0.2) is 17.3 Å². The minimum absolute atomic E-state index is 0.208. The molecule has 5 nitrogen and oxygen atoms in total. The van der Waals surface area contributed by atoms with Crippen molar-refractivity contribution in [2.45, 2.75) is 6.54 Å². The largest absolute Gasteiger partial charge is 0.497 e. The molecule has 2 rings (SSSR count). The molecule has 0 amide bonds. The summed E-state index contributed by atoms with van der Waals surface area (Å²) in [4.78, 5) is 10.8. The van der Waals surface area contributed by atoms with Crippen LogP contribution in [0, 0.1) is 0 Å². The first kappa shape index (κ1) is 11.2. The monoisotopic (exact) mass is 231 g/mol. The molecule has 2 N–H and O–H groups in total. The Morgan fingerprint density at radius 3 is 2.59 bits per heavy atom. The molecule has 1 heterocycles. The van der Waals surface area contributed by atoms with Crippen LogP contribution in [-0.2, 0) is 6.54 Å². The predicted octanol–water partition coefficient (Wildman–Crippen LogP) is 1.39. The van der Waals surface area contributed by atoms with Gasteiger partial charge in [-0.2, -0.15) is 5.10 Å². The molecule has 88 valence electrons. The maximum absolute atomic E-state index is 10.8. The number of aromatic amines is 1. The summed E-state index contributed by atoms with van der Waals surface area (Å²) in [6, 6.07) is 10.8. The number of rotatable bonds is 4. The zero-order valence-electron chi connectivity index (χ0n) is 9.43.